The summed E-state index contributed by atoms with van der Waals surface area (Å²) in [5.41, 5.74) is 1.75. The van der Waals surface area contributed by atoms with Crippen molar-refractivity contribution in [2.75, 3.05) is 0 Å². The molecule has 0 N–H and O–H groups in total. The van der Waals surface area contributed by atoms with E-state index in [1.807, 2.05) is 0 Å². The lowest BCUT2D eigenvalue weighted by Gasteiger charge is -2.01. The van der Waals surface area contributed by atoms with E-state index in [-0.39, 0.29) is 18.2 Å². The molecule has 2 aliphatic rings. The highest BCUT2D eigenvalue weighted by atomic mass is 32.2. The first-order valence-electron chi connectivity index (χ1n) is 7.13. The number of aromatic nitrogens is 3. The first kappa shape index (κ1) is 15.5. The van der Waals surface area contributed by atoms with Gasteiger partial charge in [0.2, 0.25) is 6.67 Å². The number of fused-ring (bicyclic) bond motifs is 1. The molecule has 0 spiro atoms. The molecule has 0 radical (unpaired) electrons. The maximum Gasteiger partial charge on any atom is 0.502 e. The molecule has 0 saturated heterocycles. The molecule has 25 heavy (non-hydrogen) atoms. The Balaban J connectivity index is 1.58. The van der Waals surface area contributed by atoms with Crippen molar-refractivity contribution in [3.63, 3.8) is 0 Å². The summed E-state index contributed by atoms with van der Waals surface area (Å²) in [6.07, 6.45) is 3.32. The molecule has 2 aliphatic heterocycles. The summed E-state index contributed by atoms with van der Waals surface area (Å²) < 4.78 is 30.9. The first-order chi connectivity index (χ1) is 11.9. The SMILES string of the molecule is O=[N+]([O-])C1N=CC=[N+]1Cn1cc(-c2ccc3c(c2)COS3(=O)=O)nn1. The van der Waals surface area contributed by atoms with Crippen LogP contribution in [0.25, 0.3) is 11.3 Å². The monoisotopic (exact) mass is 363 g/mol. The second-order valence-electron chi connectivity index (χ2n) is 5.42. The fourth-order valence-electron chi connectivity index (χ4n) is 2.63. The van der Waals surface area contributed by atoms with Gasteiger partial charge in [-0.15, -0.1) is 14.7 Å². The van der Waals surface area contributed by atoms with Crippen LogP contribution in [0.3, 0.4) is 0 Å². The summed E-state index contributed by atoms with van der Waals surface area (Å²) in [6, 6.07) is 4.76. The fourth-order valence-corrected chi connectivity index (χ4v) is 3.71. The predicted molar refractivity (Wildman–Crippen MR) is 83.0 cm³/mol. The van der Waals surface area contributed by atoms with Gasteiger partial charge in [-0.3, -0.25) is 14.3 Å². The van der Waals surface area contributed by atoms with Gasteiger partial charge in [0.25, 0.3) is 10.1 Å². The Morgan fingerprint density at radius 3 is 3.08 bits per heavy atom. The molecule has 1 atom stereocenters. The normalized spacial score (nSPS) is 20.5. The Kier molecular flexibility index (Phi) is 3.43. The molecule has 1 unspecified atom stereocenters. The van der Waals surface area contributed by atoms with E-state index < -0.39 is 21.3 Å². The lowest BCUT2D eigenvalue weighted by molar-refractivity contribution is -0.767. The van der Waals surface area contributed by atoms with Gasteiger partial charge in [-0.05, 0) is 12.1 Å². The molecule has 12 heteroatoms. The van der Waals surface area contributed by atoms with Crippen LogP contribution in [0.1, 0.15) is 5.56 Å². The van der Waals surface area contributed by atoms with Crippen molar-refractivity contribution in [2.45, 2.75) is 24.5 Å². The minimum absolute atomic E-state index is 0.00969. The number of hydrogen-bond donors (Lipinski definition) is 0. The van der Waals surface area contributed by atoms with Crippen LogP contribution in [0, 0.1) is 10.1 Å². The van der Waals surface area contributed by atoms with Crippen LogP contribution in [0.2, 0.25) is 0 Å². The molecule has 3 heterocycles. The maximum atomic E-state index is 11.7. The molecule has 0 bridgehead atoms. The van der Waals surface area contributed by atoms with E-state index in [1.54, 1.807) is 18.3 Å². The standard InChI is InChI=1S/C13H11N6O5S/c20-19(21)13-14-3-4-17(13)8-18-6-11(15-16-18)9-1-2-12-10(5-9)7-24-25(12,22)23/h1-6,13H,7-8H2/q+1. The van der Waals surface area contributed by atoms with Crippen LogP contribution in [0.15, 0.2) is 34.3 Å². The summed E-state index contributed by atoms with van der Waals surface area (Å²) in [5, 5.41) is 18.9. The Bertz CT molecular complexity index is 1040. The number of rotatable bonds is 4. The Morgan fingerprint density at radius 2 is 2.28 bits per heavy atom. The Labute approximate surface area is 141 Å². The summed E-state index contributed by atoms with van der Waals surface area (Å²) in [5.74, 6) is 0. The maximum absolute atomic E-state index is 11.7. The lowest BCUT2D eigenvalue weighted by atomic mass is 10.1. The van der Waals surface area contributed by atoms with Crippen molar-refractivity contribution >= 4 is 22.5 Å². The van der Waals surface area contributed by atoms with Gasteiger partial charge in [0, 0.05) is 11.1 Å². The van der Waals surface area contributed by atoms with Crippen LogP contribution in [0.5, 0.6) is 0 Å². The Morgan fingerprint density at radius 1 is 1.44 bits per heavy atom. The summed E-state index contributed by atoms with van der Waals surface area (Å²) >= 11 is 0. The van der Waals surface area contributed by atoms with E-state index in [0.717, 1.165) is 0 Å². The highest BCUT2D eigenvalue weighted by Crippen LogP contribution is 2.30. The average molecular weight is 363 g/mol. The summed E-state index contributed by atoms with van der Waals surface area (Å²) in [4.78, 5) is 14.3. The average Bonchev–Trinajstić information content (AvgIpc) is 3.28. The molecule has 4 rings (SSSR count). The molecular formula is C13H11N6O5S+. The molecule has 1 aromatic carbocycles. The van der Waals surface area contributed by atoms with Gasteiger partial charge in [0.1, 0.15) is 10.6 Å². The third-order valence-electron chi connectivity index (χ3n) is 3.80. The lowest BCUT2D eigenvalue weighted by Crippen LogP contribution is -2.31. The topological polar surface area (TPSA) is 133 Å². The fraction of sp³-hybridized carbons (Fsp3) is 0.231. The van der Waals surface area contributed by atoms with E-state index in [0.29, 0.717) is 16.8 Å². The van der Waals surface area contributed by atoms with Crippen molar-refractivity contribution in [2.24, 2.45) is 4.99 Å². The molecule has 0 aliphatic carbocycles. The van der Waals surface area contributed by atoms with E-state index in [4.69, 9.17) is 4.18 Å². The van der Waals surface area contributed by atoms with Crippen molar-refractivity contribution in [1.29, 1.82) is 0 Å². The van der Waals surface area contributed by atoms with Crippen molar-refractivity contribution in [3.8, 4) is 11.3 Å². The predicted octanol–water partition coefficient (Wildman–Crippen LogP) is -0.151. The third kappa shape index (κ3) is 2.70. The van der Waals surface area contributed by atoms with Gasteiger partial charge >= 0.3 is 6.29 Å². The Hall–Kier alpha value is -2.99. The first-order valence-corrected chi connectivity index (χ1v) is 8.54. The van der Waals surface area contributed by atoms with Crippen molar-refractivity contribution in [3.05, 3.63) is 40.1 Å². The van der Waals surface area contributed by atoms with E-state index in [9.17, 15) is 18.5 Å². The molecule has 0 amide bonds. The largest absolute Gasteiger partial charge is 0.502 e. The second-order valence-corrected chi connectivity index (χ2v) is 7.00. The van der Waals surface area contributed by atoms with Crippen LogP contribution in [0.4, 0.5) is 0 Å². The van der Waals surface area contributed by atoms with E-state index in [2.05, 4.69) is 15.3 Å². The number of nitro groups is 1. The van der Waals surface area contributed by atoms with Crippen LogP contribution in [-0.2, 0) is 27.6 Å². The molecule has 0 saturated carbocycles. The molecular weight excluding hydrogens is 352 g/mol. The highest BCUT2D eigenvalue weighted by molar-refractivity contribution is 7.87. The zero-order valence-electron chi connectivity index (χ0n) is 12.6. The molecule has 0 fully saturated rings. The van der Waals surface area contributed by atoms with Gasteiger partial charge in [-0.25, -0.2) is 0 Å². The van der Waals surface area contributed by atoms with Gasteiger partial charge in [-0.2, -0.15) is 13.1 Å². The third-order valence-corrected chi connectivity index (χ3v) is 5.17. The zero-order valence-corrected chi connectivity index (χ0v) is 13.4. The quantitative estimate of drug-likeness (QED) is 0.319. The number of aliphatic imine (C=N–C) groups is 1. The molecule has 11 nitrogen and oxygen atoms in total. The van der Waals surface area contributed by atoms with Crippen LogP contribution in [-0.4, -0.2) is 51.6 Å². The van der Waals surface area contributed by atoms with Gasteiger partial charge in [0.05, 0.1) is 23.9 Å². The minimum Gasteiger partial charge on any atom is -0.261 e. The molecule has 128 valence electrons. The second kappa shape index (κ2) is 5.53. The number of benzene rings is 1. The van der Waals surface area contributed by atoms with Gasteiger partial charge in [-0.1, -0.05) is 11.3 Å². The molecule has 1 aromatic heterocycles. The van der Waals surface area contributed by atoms with E-state index >= 15 is 0 Å². The highest BCUT2D eigenvalue weighted by Gasteiger charge is 2.34. The zero-order chi connectivity index (χ0) is 17.6. The van der Waals surface area contributed by atoms with Crippen molar-refractivity contribution in [1.82, 2.24) is 15.0 Å². The number of hydrogen-bond acceptors (Lipinski definition) is 8. The van der Waals surface area contributed by atoms with Crippen molar-refractivity contribution < 1.29 is 22.1 Å². The van der Waals surface area contributed by atoms with Gasteiger partial charge in [0.15, 0.2) is 6.21 Å². The van der Waals surface area contributed by atoms with E-state index in [1.165, 1.54) is 27.8 Å². The summed E-state index contributed by atoms with van der Waals surface area (Å²) in [6.45, 7) is 0.102. The van der Waals surface area contributed by atoms with Crippen LogP contribution >= 0.6 is 0 Å². The molecule has 2 aromatic rings. The summed E-state index contributed by atoms with van der Waals surface area (Å²) in [7, 11) is -3.66. The van der Waals surface area contributed by atoms with Crippen LogP contribution < -0.4 is 0 Å². The van der Waals surface area contributed by atoms with Gasteiger partial charge < -0.3 is 0 Å². The number of nitrogens with zero attached hydrogens (tertiary/aromatic N) is 6. The smallest absolute Gasteiger partial charge is 0.261 e. The minimum atomic E-state index is -3.66.